The lowest BCUT2D eigenvalue weighted by Crippen LogP contribution is -2.15. The molecule has 0 aromatic carbocycles. The number of aromatic nitrogens is 6. The molecule has 0 atom stereocenters. The third kappa shape index (κ3) is 2.71. The minimum atomic E-state index is 0.318. The lowest BCUT2D eigenvalue weighted by atomic mass is 9.83. The van der Waals surface area contributed by atoms with E-state index in [0.717, 1.165) is 57.4 Å². The largest absolute Gasteiger partial charge is 0.345 e. The molecule has 27 heavy (non-hydrogen) atoms. The predicted octanol–water partition coefficient (Wildman–Crippen LogP) is 4.60. The van der Waals surface area contributed by atoms with Gasteiger partial charge in [0, 0.05) is 35.8 Å². The van der Waals surface area contributed by atoms with Crippen molar-refractivity contribution in [2.75, 3.05) is 0 Å². The first-order valence-corrected chi connectivity index (χ1v) is 9.79. The van der Waals surface area contributed by atoms with Gasteiger partial charge in [-0.05, 0) is 38.8 Å². The summed E-state index contributed by atoms with van der Waals surface area (Å²) < 4.78 is 2.18. The number of aryl methyl sites for hydroxylation is 1. The van der Waals surface area contributed by atoms with Crippen LogP contribution in [0.15, 0.2) is 24.5 Å². The van der Waals surface area contributed by atoms with Gasteiger partial charge in [-0.2, -0.15) is 0 Å². The smallest absolute Gasteiger partial charge is 0.160 e. The van der Waals surface area contributed by atoms with Gasteiger partial charge in [-0.3, -0.25) is 0 Å². The van der Waals surface area contributed by atoms with Gasteiger partial charge in [0.25, 0.3) is 0 Å². The molecule has 1 saturated carbocycles. The van der Waals surface area contributed by atoms with Crippen molar-refractivity contribution in [2.24, 2.45) is 5.92 Å². The van der Waals surface area contributed by atoms with E-state index in [0.29, 0.717) is 6.04 Å². The molecule has 138 valence electrons. The molecule has 0 radical (unpaired) electrons. The Morgan fingerprint density at radius 1 is 1.19 bits per heavy atom. The van der Waals surface area contributed by atoms with Crippen molar-refractivity contribution in [3.63, 3.8) is 0 Å². The lowest BCUT2D eigenvalue weighted by Gasteiger charge is -2.24. The summed E-state index contributed by atoms with van der Waals surface area (Å²) in [6.45, 7) is 6.35. The number of rotatable bonds is 4. The van der Waals surface area contributed by atoms with Crippen LogP contribution in [0.5, 0.6) is 0 Å². The first kappa shape index (κ1) is 16.4. The summed E-state index contributed by atoms with van der Waals surface area (Å²) in [6, 6.07) is 4.40. The van der Waals surface area contributed by atoms with E-state index in [1.165, 1.54) is 19.3 Å². The maximum absolute atomic E-state index is 4.93. The molecule has 6 nitrogen and oxygen atoms in total. The Kier molecular flexibility index (Phi) is 3.74. The second kappa shape index (κ2) is 6.15. The highest BCUT2D eigenvalue weighted by Crippen LogP contribution is 2.31. The van der Waals surface area contributed by atoms with Crippen molar-refractivity contribution in [1.29, 1.82) is 0 Å². The van der Waals surface area contributed by atoms with E-state index in [9.17, 15) is 0 Å². The van der Waals surface area contributed by atoms with Crippen molar-refractivity contribution in [2.45, 2.75) is 52.5 Å². The van der Waals surface area contributed by atoms with Gasteiger partial charge in [0.2, 0.25) is 0 Å². The normalized spacial score (nSPS) is 15.1. The number of hydrogen-bond acceptors (Lipinski definition) is 4. The Labute approximate surface area is 158 Å². The Hall–Kier alpha value is -2.76. The van der Waals surface area contributed by atoms with Gasteiger partial charge < -0.3 is 9.55 Å². The lowest BCUT2D eigenvalue weighted by molar-refractivity contribution is 0.309. The number of pyridine rings is 1. The Morgan fingerprint density at radius 2 is 2.04 bits per heavy atom. The summed E-state index contributed by atoms with van der Waals surface area (Å²) in [6.07, 6.45) is 8.89. The van der Waals surface area contributed by atoms with Crippen LogP contribution < -0.4 is 0 Å². The van der Waals surface area contributed by atoms with Gasteiger partial charge in [0.1, 0.15) is 22.8 Å². The van der Waals surface area contributed by atoms with Crippen LogP contribution in [0.2, 0.25) is 0 Å². The van der Waals surface area contributed by atoms with Crippen LogP contribution in [0.4, 0.5) is 0 Å². The number of aromatic amines is 1. The highest BCUT2D eigenvalue weighted by atomic mass is 15.1. The molecule has 1 aliphatic carbocycles. The second-order valence-electron chi connectivity index (χ2n) is 7.91. The quantitative estimate of drug-likeness (QED) is 0.577. The zero-order valence-corrected chi connectivity index (χ0v) is 16.0. The van der Waals surface area contributed by atoms with Gasteiger partial charge in [-0.25, -0.2) is 19.9 Å². The number of imidazole rings is 1. The molecule has 1 aliphatic rings. The predicted molar refractivity (Wildman–Crippen MR) is 107 cm³/mol. The molecular weight excluding hydrogens is 336 g/mol. The van der Waals surface area contributed by atoms with Crippen molar-refractivity contribution in [3.05, 3.63) is 36.2 Å². The standard InChI is InChI=1S/C21H24N6/c1-12(2)27-13(3)24-18-8-7-17(25-21(18)27)15-10-23-20-16(15)11-22-19(26-20)9-14-5-4-6-14/h7-8,10-12,14H,4-6,9H2,1-3H3,(H,22,23,26). The van der Waals surface area contributed by atoms with Crippen LogP contribution in [0.1, 0.15) is 50.8 Å². The summed E-state index contributed by atoms with van der Waals surface area (Å²) in [5.74, 6) is 2.70. The Morgan fingerprint density at radius 3 is 2.78 bits per heavy atom. The number of nitrogens with one attached hydrogen (secondary N) is 1. The molecule has 0 spiro atoms. The van der Waals surface area contributed by atoms with Gasteiger partial charge in [-0.15, -0.1) is 0 Å². The molecular formula is C21H24N6. The van der Waals surface area contributed by atoms with Crippen molar-refractivity contribution >= 4 is 22.2 Å². The van der Waals surface area contributed by atoms with Crippen LogP contribution in [0.3, 0.4) is 0 Å². The van der Waals surface area contributed by atoms with E-state index >= 15 is 0 Å². The molecule has 4 heterocycles. The van der Waals surface area contributed by atoms with E-state index in [1.54, 1.807) is 0 Å². The van der Waals surface area contributed by atoms with Crippen LogP contribution in [0, 0.1) is 12.8 Å². The fourth-order valence-corrected chi connectivity index (χ4v) is 4.06. The van der Waals surface area contributed by atoms with E-state index in [2.05, 4.69) is 33.4 Å². The minimum absolute atomic E-state index is 0.318. The minimum Gasteiger partial charge on any atom is -0.345 e. The van der Waals surface area contributed by atoms with Gasteiger partial charge >= 0.3 is 0 Å². The SMILES string of the molecule is Cc1nc2ccc(-c3c[nH]c4nc(CC5CCC5)ncc34)nc2n1C(C)C. The van der Waals surface area contributed by atoms with Crippen LogP contribution in [-0.4, -0.2) is 29.5 Å². The first-order chi connectivity index (χ1) is 13.1. The van der Waals surface area contributed by atoms with Gasteiger partial charge in [0.15, 0.2) is 5.65 Å². The van der Waals surface area contributed by atoms with Gasteiger partial charge in [0.05, 0.1) is 5.69 Å². The number of fused-ring (bicyclic) bond motifs is 2. The second-order valence-corrected chi connectivity index (χ2v) is 7.91. The molecule has 0 unspecified atom stereocenters. The molecule has 0 amide bonds. The maximum atomic E-state index is 4.93. The van der Waals surface area contributed by atoms with Crippen LogP contribution >= 0.6 is 0 Å². The molecule has 0 bridgehead atoms. The van der Waals surface area contributed by atoms with E-state index in [-0.39, 0.29) is 0 Å². The van der Waals surface area contributed by atoms with E-state index in [1.807, 2.05) is 31.5 Å². The molecule has 6 heteroatoms. The summed E-state index contributed by atoms with van der Waals surface area (Å²) >= 11 is 0. The third-order valence-corrected chi connectivity index (χ3v) is 5.68. The third-order valence-electron chi connectivity index (χ3n) is 5.68. The zero-order chi connectivity index (χ0) is 18.5. The highest BCUT2D eigenvalue weighted by molar-refractivity contribution is 5.93. The molecule has 0 saturated heterocycles. The van der Waals surface area contributed by atoms with Crippen LogP contribution in [0.25, 0.3) is 33.5 Å². The number of nitrogens with zero attached hydrogens (tertiary/aromatic N) is 5. The number of hydrogen-bond donors (Lipinski definition) is 1. The average Bonchev–Trinajstić information content (AvgIpc) is 3.16. The van der Waals surface area contributed by atoms with Crippen molar-refractivity contribution in [3.8, 4) is 11.3 Å². The fourth-order valence-electron chi connectivity index (χ4n) is 4.06. The first-order valence-electron chi connectivity index (χ1n) is 9.79. The molecule has 0 aliphatic heterocycles. The highest BCUT2D eigenvalue weighted by Gasteiger charge is 2.20. The van der Waals surface area contributed by atoms with Gasteiger partial charge in [-0.1, -0.05) is 19.3 Å². The fraction of sp³-hybridized carbons (Fsp3) is 0.429. The summed E-state index contributed by atoms with van der Waals surface area (Å²) in [4.78, 5) is 22.2. The maximum Gasteiger partial charge on any atom is 0.160 e. The molecule has 5 rings (SSSR count). The molecule has 1 fully saturated rings. The Bertz CT molecular complexity index is 1130. The van der Waals surface area contributed by atoms with Crippen molar-refractivity contribution in [1.82, 2.24) is 29.5 Å². The summed E-state index contributed by atoms with van der Waals surface area (Å²) in [5.41, 5.74) is 4.72. The Balaban J connectivity index is 1.57. The molecule has 4 aromatic rings. The topological polar surface area (TPSA) is 72.3 Å². The number of H-pyrrole nitrogens is 1. The van der Waals surface area contributed by atoms with Crippen molar-refractivity contribution < 1.29 is 0 Å². The van der Waals surface area contributed by atoms with Crippen LogP contribution in [-0.2, 0) is 6.42 Å². The monoisotopic (exact) mass is 360 g/mol. The molecule has 1 N–H and O–H groups in total. The average molecular weight is 360 g/mol. The summed E-state index contributed by atoms with van der Waals surface area (Å²) in [5, 5.41) is 1.02. The summed E-state index contributed by atoms with van der Waals surface area (Å²) in [7, 11) is 0. The molecule has 4 aromatic heterocycles. The zero-order valence-electron chi connectivity index (χ0n) is 16.0. The van der Waals surface area contributed by atoms with E-state index in [4.69, 9.17) is 9.97 Å². The van der Waals surface area contributed by atoms with E-state index < -0.39 is 0 Å².